The average Bonchev–Trinajstić information content (AvgIpc) is 2.81. The molecular formula is C22H24Br2N2O8. The normalized spacial score (nSPS) is 16.0. The number of hydrogen-bond donors (Lipinski definition) is 1. The van der Waals surface area contributed by atoms with E-state index < -0.39 is 41.0 Å². The van der Waals surface area contributed by atoms with Crippen molar-refractivity contribution in [1.29, 1.82) is 0 Å². The third-order valence-corrected chi connectivity index (χ3v) is 5.95. The molecule has 1 aliphatic rings. The van der Waals surface area contributed by atoms with Crippen LogP contribution in [0.1, 0.15) is 32.3 Å². The Morgan fingerprint density at radius 1 is 1.06 bits per heavy atom. The van der Waals surface area contributed by atoms with Crippen LogP contribution in [0.5, 0.6) is 0 Å². The van der Waals surface area contributed by atoms with Gasteiger partial charge >= 0.3 is 17.9 Å². The number of allylic oxidation sites excluding steroid dienone is 2. The second-order valence-electron chi connectivity index (χ2n) is 8.18. The number of nitrogens with one attached hydrogen (secondary N) is 1. The second kappa shape index (κ2) is 11.6. The predicted molar refractivity (Wildman–Crippen MR) is 129 cm³/mol. The van der Waals surface area contributed by atoms with Crippen LogP contribution in [0, 0.1) is 15.5 Å². The molecule has 0 aliphatic carbocycles. The highest BCUT2D eigenvalue weighted by Gasteiger charge is 2.40. The Morgan fingerprint density at radius 2 is 1.65 bits per heavy atom. The Labute approximate surface area is 213 Å². The van der Waals surface area contributed by atoms with Crippen LogP contribution in [0.4, 0.5) is 5.69 Å². The number of rotatable bonds is 8. The summed E-state index contributed by atoms with van der Waals surface area (Å²) >= 11 is 6.66. The minimum absolute atomic E-state index is 0.0225. The van der Waals surface area contributed by atoms with Gasteiger partial charge in [0.05, 0.1) is 34.5 Å². The van der Waals surface area contributed by atoms with E-state index in [0.29, 0.717) is 17.0 Å². The molecule has 0 unspecified atom stereocenters. The van der Waals surface area contributed by atoms with Gasteiger partial charge in [-0.2, -0.15) is 0 Å². The number of ether oxygens (including phenoxy) is 3. The molecule has 1 aromatic rings. The minimum Gasteiger partial charge on any atom is -0.466 e. The summed E-state index contributed by atoms with van der Waals surface area (Å²) in [7, 11) is 1.19. The van der Waals surface area contributed by atoms with Crippen LogP contribution in [0.25, 0.3) is 0 Å². The third-order valence-electron chi connectivity index (χ3n) is 4.83. The van der Waals surface area contributed by atoms with Gasteiger partial charge in [-0.1, -0.05) is 44.0 Å². The maximum atomic E-state index is 13.2. The average molecular weight is 604 g/mol. The molecule has 1 heterocycles. The number of alkyl halides is 2. The molecule has 0 amide bonds. The van der Waals surface area contributed by atoms with Gasteiger partial charge in [0, 0.05) is 34.2 Å². The summed E-state index contributed by atoms with van der Waals surface area (Å²) < 4.78 is 15.2. The molecule has 12 heteroatoms. The highest BCUT2D eigenvalue weighted by molar-refractivity contribution is 9.09. The number of hydrogen-bond acceptors (Lipinski definition) is 9. The van der Waals surface area contributed by atoms with Gasteiger partial charge in [-0.3, -0.25) is 14.9 Å². The van der Waals surface area contributed by atoms with E-state index in [1.807, 2.05) is 0 Å². The first-order chi connectivity index (χ1) is 16.0. The number of methoxy groups -OCH3 is 1. The minimum atomic E-state index is -1.04. The Balaban J connectivity index is 2.57. The first-order valence-corrected chi connectivity index (χ1v) is 12.2. The van der Waals surface area contributed by atoms with Crippen LogP contribution in [0.3, 0.4) is 0 Å². The highest BCUT2D eigenvalue weighted by atomic mass is 79.9. The quantitative estimate of drug-likeness (QED) is 0.155. The van der Waals surface area contributed by atoms with E-state index in [0.717, 1.165) is 0 Å². The lowest BCUT2D eigenvalue weighted by molar-refractivity contribution is -0.384. The van der Waals surface area contributed by atoms with E-state index in [2.05, 4.69) is 37.2 Å². The molecule has 0 aromatic heterocycles. The van der Waals surface area contributed by atoms with Gasteiger partial charge in [0.25, 0.3) is 5.69 Å². The number of carbonyl (C=O) groups excluding carboxylic acids is 3. The van der Waals surface area contributed by atoms with E-state index in [9.17, 15) is 24.5 Å². The molecule has 10 nitrogen and oxygen atoms in total. The molecule has 1 aliphatic heterocycles. The van der Waals surface area contributed by atoms with Gasteiger partial charge < -0.3 is 19.5 Å². The molecule has 1 atom stereocenters. The molecule has 0 saturated heterocycles. The molecule has 1 N–H and O–H groups in total. The van der Waals surface area contributed by atoms with Crippen molar-refractivity contribution >= 4 is 55.5 Å². The van der Waals surface area contributed by atoms with Crippen molar-refractivity contribution in [3.8, 4) is 0 Å². The van der Waals surface area contributed by atoms with Crippen LogP contribution < -0.4 is 5.32 Å². The third kappa shape index (κ3) is 6.23. The Kier molecular flexibility index (Phi) is 9.39. The number of nitro groups is 1. The number of nitro benzene ring substituents is 1. The summed E-state index contributed by atoms with van der Waals surface area (Å²) in [6, 6.07) is 5.61. The van der Waals surface area contributed by atoms with Gasteiger partial charge in [0.1, 0.15) is 0 Å². The predicted octanol–water partition coefficient (Wildman–Crippen LogP) is 3.84. The van der Waals surface area contributed by atoms with Crippen molar-refractivity contribution in [3.63, 3.8) is 0 Å². The van der Waals surface area contributed by atoms with E-state index in [1.54, 1.807) is 26.8 Å². The number of nitrogens with zero attached hydrogens (tertiary/aromatic N) is 1. The maximum Gasteiger partial charge on any atom is 0.339 e. The Hall–Kier alpha value is -2.73. The maximum absolute atomic E-state index is 13.2. The SMILES string of the molecule is COC(=O)C1=C(CBr)NC(CBr)=C(C(=O)OCOC(=O)C(C)(C)C)[C@H]1c1cccc([N+](=O)[O-])c1. The molecule has 0 spiro atoms. The summed E-state index contributed by atoms with van der Waals surface area (Å²) in [5, 5.41) is 14.8. The molecular weight excluding hydrogens is 580 g/mol. The number of benzene rings is 1. The largest absolute Gasteiger partial charge is 0.466 e. The van der Waals surface area contributed by atoms with Crippen LogP contribution >= 0.6 is 31.9 Å². The summed E-state index contributed by atoms with van der Waals surface area (Å²) in [4.78, 5) is 48.8. The smallest absolute Gasteiger partial charge is 0.339 e. The number of non-ortho nitro benzene ring substituents is 1. The van der Waals surface area contributed by atoms with E-state index in [1.165, 1.54) is 25.3 Å². The van der Waals surface area contributed by atoms with Gasteiger partial charge in [-0.05, 0) is 26.3 Å². The van der Waals surface area contributed by atoms with Crippen molar-refractivity contribution in [2.24, 2.45) is 5.41 Å². The molecule has 184 valence electrons. The zero-order valence-corrected chi connectivity index (χ0v) is 22.1. The Bertz CT molecular complexity index is 1060. The number of carbonyl (C=O) groups is 3. The highest BCUT2D eigenvalue weighted by Crippen LogP contribution is 2.41. The van der Waals surface area contributed by atoms with Crippen molar-refractivity contribution < 1.29 is 33.5 Å². The molecule has 0 bridgehead atoms. The fraction of sp³-hybridized carbons (Fsp3) is 0.409. The standard InChI is InChI=1S/C22H24Br2N2O8/c1-22(2,3)21(29)34-11-33-20(28)18-15(10-24)25-14(9-23)17(19(27)32-4)16(18)12-6-5-7-13(8-12)26(30)31/h5-8,16,25H,9-11H2,1-4H3/t16-/m0/s1. The van der Waals surface area contributed by atoms with Crippen LogP contribution in [-0.4, -0.2) is 47.4 Å². The zero-order valence-electron chi connectivity index (χ0n) is 19.0. The van der Waals surface area contributed by atoms with Gasteiger partial charge in [-0.15, -0.1) is 0 Å². The van der Waals surface area contributed by atoms with Gasteiger partial charge in [0.2, 0.25) is 6.79 Å². The molecule has 0 radical (unpaired) electrons. The Morgan fingerprint density at radius 3 is 2.15 bits per heavy atom. The first kappa shape index (κ1) is 27.5. The lowest BCUT2D eigenvalue weighted by Gasteiger charge is -2.31. The van der Waals surface area contributed by atoms with E-state index >= 15 is 0 Å². The van der Waals surface area contributed by atoms with Crippen molar-refractivity contribution in [1.82, 2.24) is 5.32 Å². The zero-order chi connectivity index (χ0) is 25.6. The first-order valence-electron chi connectivity index (χ1n) is 9.98. The summed E-state index contributed by atoms with van der Waals surface area (Å²) in [6.07, 6.45) is 0. The number of esters is 3. The van der Waals surface area contributed by atoms with Gasteiger partial charge in [0.15, 0.2) is 0 Å². The molecule has 0 fully saturated rings. The van der Waals surface area contributed by atoms with Crippen molar-refractivity contribution in [2.75, 3.05) is 24.6 Å². The molecule has 2 rings (SSSR count). The summed E-state index contributed by atoms with van der Waals surface area (Å²) in [6.45, 7) is 4.32. The lowest BCUT2D eigenvalue weighted by Crippen LogP contribution is -2.35. The molecule has 34 heavy (non-hydrogen) atoms. The van der Waals surface area contributed by atoms with Crippen LogP contribution in [0.15, 0.2) is 46.8 Å². The lowest BCUT2D eigenvalue weighted by atomic mass is 9.80. The van der Waals surface area contributed by atoms with Crippen LogP contribution in [0.2, 0.25) is 0 Å². The molecule has 0 saturated carbocycles. The fourth-order valence-electron chi connectivity index (χ4n) is 3.19. The van der Waals surface area contributed by atoms with Crippen molar-refractivity contribution in [2.45, 2.75) is 26.7 Å². The van der Waals surface area contributed by atoms with Crippen LogP contribution in [-0.2, 0) is 28.6 Å². The van der Waals surface area contributed by atoms with E-state index in [4.69, 9.17) is 14.2 Å². The topological polar surface area (TPSA) is 134 Å². The number of dihydropyridines is 1. The van der Waals surface area contributed by atoms with Crippen molar-refractivity contribution in [3.05, 3.63) is 62.5 Å². The monoisotopic (exact) mass is 602 g/mol. The second-order valence-corrected chi connectivity index (χ2v) is 9.31. The number of halogens is 2. The summed E-state index contributed by atoms with van der Waals surface area (Å²) in [5.74, 6) is -3.20. The van der Waals surface area contributed by atoms with E-state index in [-0.39, 0.29) is 27.5 Å². The molecule has 1 aromatic carbocycles. The fourth-order valence-corrected chi connectivity index (χ4v) is 4.08. The van der Waals surface area contributed by atoms with Gasteiger partial charge in [-0.25, -0.2) is 9.59 Å². The summed E-state index contributed by atoms with van der Waals surface area (Å²) in [5.41, 5.74) is 0.215.